The molecule has 35 heavy (non-hydrogen) atoms. The number of carboxylic acids is 1. The van der Waals surface area contributed by atoms with Crippen LogP contribution in [-0.4, -0.2) is 16.2 Å². The van der Waals surface area contributed by atoms with E-state index in [0.29, 0.717) is 5.16 Å². The molecule has 0 aliphatic heterocycles. The van der Waals surface area contributed by atoms with Crippen molar-refractivity contribution in [1.82, 2.24) is 0 Å². The summed E-state index contributed by atoms with van der Waals surface area (Å²) in [4.78, 5) is 10.4. The van der Waals surface area contributed by atoms with Gasteiger partial charge in [0.2, 0.25) is 0 Å². The molecule has 0 heterocycles. The number of hydrogen-bond donors (Lipinski definition) is 1. The summed E-state index contributed by atoms with van der Waals surface area (Å²) in [5.74, 6) is 0.187. The molecule has 0 radical (unpaired) electrons. The Bertz CT molecular complexity index is 429. The third kappa shape index (κ3) is 21.7. The summed E-state index contributed by atoms with van der Waals surface area (Å²) in [7, 11) is 3.38. The Morgan fingerprint density at radius 1 is 0.600 bits per heavy atom. The van der Waals surface area contributed by atoms with E-state index in [0.717, 1.165) is 31.6 Å². The van der Waals surface area contributed by atoms with E-state index in [1.807, 2.05) is 6.92 Å². The molecule has 0 spiro atoms. The summed E-state index contributed by atoms with van der Waals surface area (Å²) in [5.41, 5.74) is 0. The first-order valence-electron chi connectivity index (χ1n) is 15.9. The fourth-order valence-electron chi connectivity index (χ4n) is 5.19. The summed E-state index contributed by atoms with van der Waals surface area (Å²) < 4.78 is 0. The zero-order chi connectivity index (χ0) is 26.8. The molecular formula is C32H67O2P. The van der Waals surface area contributed by atoms with Crippen molar-refractivity contribution in [2.24, 2.45) is 11.8 Å². The third-order valence-corrected chi connectivity index (χ3v) is 8.91. The maximum absolute atomic E-state index is 10.4. The standard InChI is InChI=1S/C24H51P.C8H16O2/c1-5-9-13-14-15-16-17-18-20-23(19-10-6-2)24(25,21-11-7-3)22-12-8-4;1-3-5-6-7(4-2)8(9)10/h23H,5-22,25H2,1-4H3;7H,3-6H2,1-2H3,(H,9,10). The van der Waals surface area contributed by atoms with E-state index in [1.54, 1.807) is 0 Å². The normalized spacial score (nSPS) is 13.2. The average Bonchev–Trinajstić information content (AvgIpc) is 2.85. The van der Waals surface area contributed by atoms with Gasteiger partial charge in [-0.3, -0.25) is 4.79 Å². The second-order valence-corrected chi connectivity index (χ2v) is 12.3. The smallest absolute Gasteiger partial charge is 0.306 e. The summed E-state index contributed by atoms with van der Waals surface area (Å²) >= 11 is 0. The Balaban J connectivity index is 0. The topological polar surface area (TPSA) is 37.3 Å². The van der Waals surface area contributed by atoms with Gasteiger partial charge in [0.25, 0.3) is 0 Å². The molecule has 0 aromatic carbocycles. The van der Waals surface area contributed by atoms with Gasteiger partial charge >= 0.3 is 5.97 Å². The first kappa shape index (κ1) is 37.1. The highest BCUT2D eigenvalue weighted by atomic mass is 31.0. The monoisotopic (exact) mass is 514 g/mol. The SMILES string of the molecule is CCCCC(CC)C(=O)O.CCCCCCCCCCC(CCCC)C(P)(CCCC)CCCC. The molecule has 0 aliphatic carbocycles. The Morgan fingerprint density at radius 2 is 1.00 bits per heavy atom. The Kier molecular flexibility index (Phi) is 28.5. The van der Waals surface area contributed by atoms with Gasteiger partial charge in [0, 0.05) is 0 Å². The van der Waals surface area contributed by atoms with Crippen LogP contribution in [-0.2, 0) is 4.79 Å². The number of unbranched alkanes of at least 4 members (excludes halogenated alkanes) is 11. The van der Waals surface area contributed by atoms with Crippen LogP contribution in [0, 0.1) is 11.8 Å². The molecule has 0 saturated carbocycles. The quantitative estimate of drug-likeness (QED) is 0.103. The lowest BCUT2D eigenvalue weighted by Gasteiger charge is -2.39. The summed E-state index contributed by atoms with van der Waals surface area (Å²) in [6.45, 7) is 13.4. The second-order valence-electron chi connectivity index (χ2n) is 11.1. The number of hydrogen-bond acceptors (Lipinski definition) is 1. The molecule has 1 N–H and O–H groups in total. The van der Waals surface area contributed by atoms with Gasteiger partial charge < -0.3 is 5.11 Å². The van der Waals surface area contributed by atoms with Crippen molar-refractivity contribution in [3.8, 4) is 0 Å². The van der Waals surface area contributed by atoms with E-state index in [1.165, 1.54) is 116 Å². The third-order valence-electron chi connectivity index (χ3n) is 7.87. The molecule has 3 heteroatoms. The summed E-state index contributed by atoms with van der Waals surface area (Å²) in [5, 5.41) is 9.13. The van der Waals surface area contributed by atoms with Crippen molar-refractivity contribution in [2.45, 2.75) is 188 Å². The van der Waals surface area contributed by atoms with Crippen LogP contribution in [0.15, 0.2) is 0 Å². The van der Waals surface area contributed by atoms with Crippen molar-refractivity contribution in [2.75, 3.05) is 0 Å². The van der Waals surface area contributed by atoms with E-state index < -0.39 is 5.97 Å². The van der Waals surface area contributed by atoms with Gasteiger partial charge in [0.15, 0.2) is 0 Å². The van der Waals surface area contributed by atoms with Crippen LogP contribution in [0.2, 0.25) is 0 Å². The molecule has 0 aromatic rings. The van der Waals surface area contributed by atoms with Crippen LogP contribution in [0.5, 0.6) is 0 Å². The van der Waals surface area contributed by atoms with Gasteiger partial charge in [-0.1, -0.05) is 144 Å². The highest BCUT2D eigenvalue weighted by Gasteiger charge is 2.32. The second kappa shape index (κ2) is 26.9. The van der Waals surface area contributed by atoms with Crippen molar-refractivity contribution in [3.63, 3.8) is 0 Å². The van der Waals surface area contributed by atoms with E-state index in [-0.39, 0.29) is 5.92 Å². The zero-order valence-electron chi connectivity index (χ0n) is 25.1. The van der Waals surface area contributed by atoms with Gasteiger partial charge in [-0.2, -0.15) is 0 Å². The molecule has 0 fully saturated rings. The van der Waals surface area contributed by atoms with Crippen molar-refractivity contribution in [3.05, 3.63) is 0 Å². The van der Waals surface area contributed by atoms with E-state index in [4.69, 9.17) is 5.11 Å². The molecule has 3 unspecified atom stereocenters. The Labute approximate surface area is 224 Å². The number of aliphatic carboxylic acids is 1. The lowest BCUT2D eigenvalue weighted by Crippen LogP contribution is -2.32. The van der Waals surface area contributed by atoms with Gasteiger partial charge in [0.1, 0.15) is 0 Å². The Hall–Kier alpha value is -0.100. The predicted molar refractivity (Wildman–Crippen MR) is 163 cm³/mol. The van der Waals surface area contributed by atoms with Gasteiger partial charge in [-0.15, -0.1) is 9.24 Å². The minimum atomic E-state index is -0.643. The molecule has 0 aliphatic rings. The fourth-order valence-corrected chi connectivity index (χ4v) is 5.93. The molecular weight excluding hydrogens is 447 g/mol. The average molecular weight is 515 g/mol. The minimum Gasteiger partial charge on any atom is -0.481 e. The molecule has 0 amide bonds. The van der Waals surface area contributed by atoms with Crippen LogP contribution in [0.3, 0.4) is 0 Å². The zero-order valence-corrected chi connectivity index (χ0v) is 26.3. The molecule has 0 aromatic heterocycles. The number of rotatable bonds is 24. The molecule has 2 nitrogen and oxygen atoms in total. The molecule has 0 saturated heterocycles. The van der Waals surface area contributed by atoms with Gasteiger partial charge in [-0.05, 0) is 49.6 Å². The lowest BCUT2D eigenvalue weighted by molar-refractivity contribution is -0.142. The minimum absolute atomic E-state index is 0.111. The van der Waals surface area contributed by atoms with Crippen molar-refractivity contribution >= 4 is 15.2 Å². The first-order chi connectivity index (χ1) is 16.9. The predicted octanol–water partition coefficient (Wildman–Crippen LogP) is 11.6. The van der Waals surface area contributed by atoms with Crippen LogP contribution in [0.4, 0.5) is 0 Å². The number of carbonyl (C=O) groups is 1. The molecule has 0 bridgehead atoms. The maximum atomic E-state index is 10.4. The van der Waals surface area contributed by atoms with Crippen LogP contribution >= 0.6 is 9.24 Å². The van der Waals surface area contributed by atoms with E-state index >= 15 is 0 Å². The van der Waals surface area contributed by atoms with E-state index in [2.05, 4.69) is 43.9 Å². The summed E-state index contributed by atoms with van der Waals surface area (Å²) in [6, 6.07) is 0. The maximum Gasteiger partial charge on any atom is 0.306 e. The summed E-state index contributed by atoms with van der Waals surface area (Å²) in [6.07, 6.45) is 29.4. The van der Waals surface area contributed by atoms with Crippen LogP contribution in [0.1, 0.15) is 183 Å². The van der Waals surface area contributed by atoms with Crippen LogP contribution < -0.4 is 0 Å². The lowest BCUT2D eigenvalue weighted by atomic mass is 9.77. The highest BCUT2D eigenvalue weighted by molar-refractivity contribution is 7.19. The molecule has 0 rings (SSSR count). The van der Waals surface area contributed by atoms with Crippen molar-refractivity contribution in [1.29, 1.82) is 0 Å². The Morgan fingerprint density at radius 3 is 1.43 bits per heavy atom. The fraction of sp³-hybridized carbons (Fsp3) is 0.969. The number of carboxylic acid groups (broad SMARTS) is 1. The highest BCUT2D eigenvalue weighted by Crippen LogP contribution is 2.43. The first-order valence-corrected chi connectivity index (χ1v) is 16.5. The van der Waals surface area contributed by atoms with E-state index in [9.17, 15) is 4.79 Å². The van der Waals surface area contributed by atoms with Crippen LogP contribution in [0.25, 0.3) is 0 Å². The van der Waals surface area contributed by atoms with Gasteiger partial charge in [-0.25, -0.2) is 0 Å². The van der Waals surface area contributed by atoms with Crippen molar-refractivity contribution < 1.29 is 9.90 Å². The molecule has 3 atom stereocenters. The largest absolute Gasteiger partial charge is 0.481 e. The molecule has 212 valence electrons. The van der Waals surface area contributed by atoms with Gasteiger partial charge in [0.05, 0.1) is 5.92 Å².